The fraction of sp³-hybridized carbons (Fsp3) is 0.333. The predicted molar refractivity (Wildman–Crippen MR) is 43.7 cm³/mol. The maximum Gasteiger partial charge on any atom is 0.174 e. The quantitative estimate of drug-likeness (QED) is 0.447. The Bertz CT molecular complexity index is 290. The number of rotatable bonds is 3. The van der Waals surface area contributed by atoms with E-state index in [9.17, 15) is 4.79 Å². The standard InChI is InChI=1S/C6H9N3OS/c7-4(3-10)1-5-2-8-6(11)9-5/h2-4H,1,7H2,(H2,8,9,11)/t4-/m0/s1. The lowest BCUT2D eigenvalue weighted by molar-refractivity contribution is -0.108. The largest absolute Gasteiger partial charge is 0.337 e. The molecule has 4 nitrogen and oxygen atoms in total. The number of nitrogens with two attached hydrogens (primary N) is 1. The van der Waals surface area contributed by atoms with Crippen LogP contribution in [0.1, 0.15) is 5.69 Å². The minimum Gasteiger partial charge on any atom is -0.337 e. The minimum atomic E-state index is -0.448. The van der Waals surface area contributed by atoms with Gasteiger partial charge in [-0.2, -0.15) is 0 Å². The summed E-state index contributed by atoms with van der Waals surface area (Å²) in [6.45, 7) is 0. The molecule has 0 fully saturated rings. The summed E-state index contributed by atoms with van der Waals surface area (Å²) in [6, 6.07) is -0.448. The van der Waals surface area contributed by atoms with Crippen molar-refractivity contribution >= 4 is 18.5 Å². The third-order valence-electron chi connectivity index (χ3n) is 1.28. The van der Waals surface area contributed by atoms with E-state index in [1.54, 1.807) is 6.20 Å². The number of hydrogen-bond acceptors (Lipinski definition) is 3. The number of H-pyrrole nitrogens is 2. The van der Waals surface area contributed by atoms with Crippen LogP contribution in [0.4, 0.5) is 0 Å². The van der Waals surface area contributed by atoms with Crippen LogP contribution in [0.2, 0.25) is 0 Å². The summed E-state index contributed by atoms with van der Waals surface area (Å²) in [5.74, 6) is 0. The normalized spacial score (nSPS) is 12.8. The number of nitrogens with one attached hydrogen (secondary N) is 2. The maximum absolute atomic E-state index is 10.1. The number of aromatic amines is 2. The Morgan fingerprint density at radius 3 is 3.00 bits per heavy atom. The summed E-state index contributed by atoms with van der Waals surface area (Å²) in [5, 5.41) is 0. The van der Waals surface area contributed by atoms with Crippen molar-refractivity contribution in [1.29, 1.82) is 0 Å². The SMILES string of the molecule is N[C@H](C=O)Cc1c[nH]c(=S)[nH]1. The third-order valence-corrected chi connectivity index (χ3v) is 1.50. The van der Waals surface area contributed by atoms with Gasteiger partial charge in [0.25, 0.3) is 0 Å². The Morgan fingerprint density at radius 1 is 1.82 bits per heavy atom. The molecule has 1 aromatic heterocycles. The van der Waals surface area contributed by atoms with Crippen molar-refractivity contribution in [2.24, 2.45) is 5.73 Å². The highest BCUT2D eigenvalue weighted by atomic mass is 32.1. The molecule has 0 bridgehead atoms. The first-order chi connectivity index (χ1) is 5.22. The average Bonchev–Trinajstić information content (AvgIpc) is 2.35. The highest BCUT2D eigenvalue weighted by Gasteiger charge is 2.01. The fourth-order valence-electron chi connectivity index (χ4n) is 0.783. The molecule has 60 valence electrons. The lowest BCUT2D eigenvalue weighted by atomic mass is 10.2. The zero-order valence-corrected chi connectivity index (χ0v) is 6.65. The number of aldehydes is 1. The molecular weight excluding hydrogens is 162 g/mol. The molecule has 0 saturated heterocycles. The molecule has 1 heterocycles. The number of carbonyl (C=O) groups excluding carboxylic acids is 1. The van der Waals surface area contributed by atoms with Crippen molar-refractivity contribution < 1.29 is 4.79 Å². The lowest BCUT2D eigenvalue weighted by Gasteiger charge is -1.98. The van der Waals surface area contributed by atoms with Crippen LogP contribution in [0.25, 0.3) is 0 Å². The summed E-state index contributed by atoms with van der Waals surface area (Å²) < 4.78 is 0.554. The van der Waals surface area contributed by atoms with Crippen LogP contribution >= 0.6 is 12.2 Å². The van der Waals surface area contributed by atoms with Crippen molar-refractivity contribution in [1.82, 2.24) is 9.97 Å². The van der Waals surface area contributed by atoms with E-state index in [4.69, 9.17) is 18.0 Å². The van der Waals surface area contributed by atoms with E-state index in [0.717, 1.165) is 5.69 Å². The van der Waals surface area contributed by atoms with Crippen LogP contribution in [-0.2, 0) is 11.2 Å². The molecule has 0 amide bonds. The molecule has 0 aliphatic rings. The van der Waals surface area contributed by atoms with E-state index >= 15 is 0 Å². The first kappa shape index (κ1) is 8.16. The number of aromatic nitrogens is 2. The van der Waals surface area contributed by atoms with Gasteiger partial charge in [-0.05, 0) is 12.2 Å². The van der Waals surface area contributed by atoms with Crippen LogP contribution in [0, 0.1) is 4.77 Å². The highest BCUT2D eigenvalue weighted by molar-refractivity contribution is 7.71. The average molecular weight is 171 g/mol. The molecule has 1 rings (SSSR count). The molecule has 0 saturated carbocycles. The molecule has 0 unspecified atom stereocenters. The second kappa shape index (κ2) is 3.45. The van der Waals surface area contributed by atoms with Gasteiger partial charge in [-0.3, -0.25) is 0 Å². The maximum atomic E-state index is 10.1. The van der Waals surface area contributed by atoms with E-state index in [1.807, 2.05) is 0 Å². The molecule has 1 aromatic rings. The highest BCUT2D eigenvalue weighted by Crippen LogP contribution is 1.95. The summed E-state index contributed by atoms with van der Waals surface area (Å²) in [7, 11) is 0. The number of imidazole rings is 1. The second-order valence-electron chi connectivity index (χ2n) is 2.27. The molecule has 1 atom stereocenters. The summed E-state index contributed by atoms with van der Waals surface area (Å²) in [4.78, 5) is 15.8. The van der Waals surface area contributed by atoms with Gasteiger partial charge < -0.3 is 20.5 Å². The van der Waals surface area contributed by atoms with Gasteiger partial charge in [0.15, 0.2) is 4.77 Å². The Labute approximate surface area is 68.8 Å². The van der Waals surface area contributed by atoms with Gasteiger partial charge in [-0.25, -0.2) is 0 Å². The van der Waals surface area contributed by atoms with Gasteiger partial charge in [-0.15, -0.1) is 0 Å². The zero-order chi connectivity index (χ0) is 8.27. The van der Waals surface area contributed by atoms with Gasteiger partial charge in [-0.1, -0.05) is 0 Å². The van der Waals surface area contributed by atoms with Crippen molar-refractivity contribution in [3.05, 3.63) is 16.7 Å². The van der Waals surface area contributed by atoms with Crippen LogP contribution in [-0.4, -0.2) is 22.3 Å². The summed E-state index contributed by atoms with van der Waals surface area (Å²) in [5.41, 5.74) is 6.23. The van der Waals surface area contributed by atoms with E-state index in [2.05, 4.69) is 9.97 Å². The molecular formula is C6H9N3OS. The topological polar surface area (TPSA) is 74.7 Å². The second-order valence-corrected chi connectivity index (χ2v) is 2.68. The van der Waals surface area contributed by atoms with E-state index < -0.39 is 6.04 Å². The van der Waals surface area contributed by atoms with Crippen molar-refractivity contribution in [2.45, 2.75) is 12.5 Å². The summed E-state index contributed by atoms with van der Waals surface area (Å²) >= 11 is 4.78. The Hall–Kier alpha value is -0.940. The molecule has 0 aliphatic heterocycles. The Kier molecular flexibility index (Phi) is 2.56. The molecule has 0 aliphatic carbocycles. The van der Waals surface area contributed by atoms with Crippen LogP contribution < -0.4 is 5.73 Å². The van der Waals surface area contributed by atoms with Crippen molar-refractivity contribution in [2.75, 3.05) is 0 Å². The van der Waals surface area contributed by atoms with E-state index in [1.165, 1.54) is 0 Å². The van der Waals surface area contributed by atoms with Crippen LogP contribution in [0.3, 0.4) is 0 Å². The monoisotopic (exact) mass is 171 g/mol. The van der Waals surface area contributed by atoms with Gasteiger partial charge in [0.2, 0.25) is 0 Å². The molecule has 5 heteroatoms. The minimum absolute atomic E-state index is 0.448. The van der Waals surface area contributed by atoms with E-state index in [0.29, 0.717) is 17.5 Å². The van der Waals surface area contributed by atoms with Gasteiger partial charge in [0.05, 0.1) is 6.04 Å². The molecule has 11 heavy (non-hydrogen) atoms. The molecule has 0 aromatic carbocycles. The van der Waals surface area contributed by atoms with E-state index in [-0.39, 0.29) is 0 Å². The van der Waals surface area contributed by atoms with Gasteiger partial charge >= 0.3 is 0 Å². The Morgan fingerprint density at radius 2 is 2.55 bits per heavy atom. The van der Waals surface area contributed by atoms with Crippen LogP contribution in [0.15, 0.2) is 6.20 Å². The van der Waals surface area contributed by atoms with Gasteiger partial charge in [0, 0.05) is 18.3 Å². The number of carbonyl (C=O) groups is 1. The molecule has 4 N–H and O–H groups in total. The van der Waals surface area contributed by atoms with Crippen molar-refractivity contribution in [3.63, 3.8) is 0 Å². The van der Waals surface area contributed by atoms with Crippen molar-refractivity contribution in [3.8, 4) is 0 Å². The smallest absolute Gasteiger partial charge is 0.174 e. The number of hydrogen-bond donors (Lipinski definition) is 3. The molecule has 0 spiro atoms. The summed E-state index contributed by atoms with van der Waals surface area (Å²) in [6.07, 6.45) is 2.92. The Balaban J connectivity index is 2.64. The zero-order valence-electron chi connectivity index (χ0n) is 5.83. The first-order valence-corrected chi connectivity index (χ1v) is 3.60. The first-order valence-electron chi connectivity index (χ1n) is 3.20. The lowest BCUT2D eigenvalue weighted by Crippen LogP contribution is -2.24. The third kappa shape index (κ3) is 2.28. The predicted octanol–water partition coefficient (Wildman–Crippen LogP) is 0.141. The fourth-order valence-corrected chi connectivity index (χ4v) is 0.973. The van der Waals surface area contributed by atoms with Gasteiger partial charge in [0.1, 0.15) is 6.29 Å². The van der Waals surface area contributed by atoms with Crippen LogP contribution in [0.5, 0.6) is 0 Å². The molecule has 0 radical (unpaired) electrons.